The summed E-state index contributed by atoms with van der Waals surface area (Å²) in [4.78, 5) is 6.84. The number of likely N-dealkylation sites (tertiary alicyclic amines) is 1. The molecular weight excluding hydrogens is 335 g/mol. The quantitative estimate of drug-likeness (QED) is 0.638. The highest BCUT2D eigenvalue weighted by Crippen LogP contribution is 2.31. The first-order valence-corrected chi connectivity index (χ1v) is 9.57. The van der Waals surface area contributed by atoms with Crippen molar-refractivity contribution < 1.29 is 9.13 Å². The number of hydrogen-bond donors (Lipinski definition) is 0. The molecule has 3 nitrogen and oxygen atoms in total. The lowest BCUT2D eigenvalue weighted by Gasteiger charge is -2.28. The number of alkyl halides is 1. The van der Waals surface area contributed by atoms with Crippen LogP contribution in [-0.4, -0.2) is 35.7 Å². The molecule has 3 aromatic rings. The second-order valence-electron chi connectivity index (χ2n) is 6.46. The number of piperidine rings is 1. The van der Waals surface area contributed by atoms with Crippen molar-refractivity contribution in [1.82, 2.24) is 9.88 Å². The van der Waals surface area contributed by atoms with E-state index in [4.69, 9.17) is 4.74 Å². The molecular formula is C20H21FN2OS. The van der Waals surface area contributed by atoms with Crippen LogP contribution in [0.3, 0.4) is 0 Å². The van der Waals surface area contributed by atoms with E-state index in [2.05, 4.69) is 28.1 Å². The number of halogens is 1. The molecule has 5 heteroatoms. The Morgan fingerprint density at radius 2 is 1.84 bits per heavy atom. The van der Waals surface area contributed by atoms with E-state index in [1.165, 1.54) is 5.56 Å². The van der Waals surface area contributed by atoms with Gasteiger partial charge in [-0.15, -0.1) is 0 Å². The van der Waals surface area contributed by atoms with Crippen LogP contribution in [0.15, 0.2) is 48.5 Å². The molecule has 0 bridgehead atoms. The Bertz CT molecular complexity index is 792. The number of para-hydroxylation sites is 1. The third-order valence-electron chi connectivity index (χ3n) is 4.64. The molecule has 0 spiro atoms. The minimum atomic E-state index is -0.602. The van der Waals surface area contributed by atoms with Gasteiger partial charge in [0.05, 0.1) is 10.2 Å². The average Bonchev–Trinajstić information content (AvgIpc) is 3.05. The van der Waals surface area contributed by atoms with E-state index in [9.17, 15) is 4.39 Å². The molecule has 1 aliphatic rings. The molecule has 4 rings (SSSR count). The van der Waals surface area contributed by atoms with Gasteiger partial charge in [0.1, 0.15) is 11.9 Å². The number of thiazole rings is 1. The first kappa shape index (κ1) is 16.5. The minimum Gasteiger partial charge on any atom is -0.431 e. The lowest BCUT2D eigenvalue weighted by atomic mass is 10.1. The van der Waals surface area contributed by atoms with Gasteiger partial charge in [0.15, 0.2) is 0 Å². The Labute approximate surface area is 151 Å². The Hall–Kier alpha value is -1.98. The van der Waals surface area contributed by atoms with Crippen molar-refractivity contribution >= 4 is 21.6 Å². The van der Waals surface area contributed by atoms with Crippen molar-refractivity contribution in [2.45, 2.75) is 25.4 Å². The van der Waals surface area contributed by atoms with Crippen molar-refractivity contribution in [2.24, 2.45) is 0 Å². The zero-order valence-electron chi connectivity index (χ0n) is 14.0. The van der Waals surface area contributed by atoms with E-state index in [1.807, 2.05) is 30.3 Å². The monoisotopic (exact) mass is 356 g/mol. The molecule has 0 saturated carbocycles. The van der Waals surface area contributed by atoms with Crippen molar-refractivity contribution in [2.75, 3.05) is 19.6 Å². The summed E-state index contributed by atoms with van der Waals surface area (Å²) in [5.41, 5.74) is 2.25. The standard InChI is InChI=1S/C20H21FN2OS/c21-16-10-13-23(14-11-16)12-9-15-5-7-17(8-6-15)24-20-22-18-3-1-2-4-19(18)25-20/h1-8,16H,9-14H2. The Balaban J connectivity index is 1.33. The molecule has 1 aliphatic heterocycles. The molecule has 0 atom stereocenters. The molecule has 0 aliphatic carbocycles. The van der Waals surface area contributed by atoms with Crippen LogP contribution >= 0.6 is 11.3 Å². The first-order valence-electron chi connectivity index (χ1n) is 8.75. The van der Waals surface area contributed by atoms with Crippen molar-refractivity contribution in [3.8, 4) is 10.9 Å². The molecule has 1 saturated heterocycles. The highest BCUT2D eigenvalue weighted by Gasteiger charge is 2.17. The minimum absolute atomic E-state index is 0.602. The second kappa shape index (κ2) is 7.50. The van der Waals surface area contributed by atoms with Crippen molar-refractivity contribution in [1.29, 1.82) is 0 Å². The second-order valence-corrected chi connectivity index (χ2v) is 7.45. The molecule has 130 valence electrons. The van der Waals surface area contributed by atoms with Crippen molar-refractivity contribution in [3.63, 3.8) is 0 Å². The van der Waals surface area contributed by atoms with Gasteiger partial charge in [-0.2, -0.15) is 0 Å². The highest BCUT2D eigenvalue weighted by molar-refractivity contribution is 7.20. The van der Waals surface area contributed by atoms with Gasteiger partial charge in [-0.05, 0) is 49.1 Å². The maximum atomic E-state index is 13.2. The van der Waals surface area contributed by atoms with Crippen LogP contribution in [0.4, 0.5) is 4.39 Å². The van der Waals surface area contributed by atoms with E-state index >= 15 is 0 Å². The van der Waals surface area contributed by atoms with E-state index in [0.29, 0.717) is 18.0 Å². The lowest BCUT2D eigenvalue weighted by molar-refractivity contribution is 0.152. The molecule has 2 heterocycles. The molecule has 2 aromatic carbocycles. The largest absolute Gasteiger partial charge is 0.431 e. The molecule has 1 fully saturated rings. The maximum absolute atomic E-state index is 13.2. The number of nitrogens with zero attached hydrogens (tertiary/aromatic N) is 2. The number of benzene rings is 2. The normalized spacial score (nSPS) is 16.4. The Kier molecular flexibility index (Phi) is 4.95. The van der Waals surface area contributed by atoms with Crippen LogP contribution < -0.4 is 4.74 Å². The van der Waals surface area contributed by atoms with Gasteiger partial charge in [0, 0.05) is 19.6 Å². The smallest absolute Gasteiger partial charge is 0.279 e. The van der Waals surface area contributed by atoms with Crippen LogP contribution in [0.25, 0.3) is 10.2 Å². The van der Waals surface area contributed by atoms with Crippen molar-refractivity contribution in [3.05, 3.63) is 54.1 Å². The van der Waals surface area contributed by atoms with E-state index in [0.717, 1.165) is 42.0 Å². The molecule has 0 amide bonds. The topological polar surface area (TPSA) is 25.4 Å². The fraction of sp³-hybridized carbons (Fsp3) is 0.350. The van der Waals surface area contributed by atoms with Crippen LogP contribution in [0.1, 0.15) is 18.4 Å². The zero-order chi connectivity index (χ0) is 17.1. The van der Waals surface area contributed by atoms with E-state index < -0.39 is 6.17 Å². The predicted octanol–water partition coefficient (Wildman–Crippen LogP) is 5.07. The van der Waals surface area contributed by atoms with Crippen LogP contribution in [0.2, 0.25) is 0 Å². The zero-order valence-corrected chi connectivity index (χ0v) is 14.8. The Morgan fingerprint density at radius 3 is 2.60 bits per heavy atom. The van der Waals surface area contributed by atoms with Gasteiger partial charge in [-0.25, -0.2) is 9.37 Å². The summed E-state index contributed by atoms with van der Waals surface area (Å²) in [6, 6.07) is 16.2. The number of hydrogen-bond acceptors (Lipinski definition) is 4. The fourth-order valence-electron chi connectivity index (χ4n) is 3.13. The van der Waals surface area contributed by atoms with E-state index in [1.54, 1.807) is 11.3 Å². The number of aromatic nitrogens is 1. The summed E-state index contributed by atoms with van der Waals surface area (Å²) in [7, 11) is 0. The third kappa shape index (κ3) is 4.17. The summed E-state index contributed by atoms with van der Waals surface area (Å²) in [5, 5.41) is 0.669. The third-order valence-corrected chi connectivity index (χ3v) is 5.55. The molecule has 0 unspecified atom stereocenters. The van der Waals surface area contributed by atoms with Gasteiger partial charge in [0.25, 0.3) is 5.19 Å². The Morgan fingerprint density at radius 1 is 1.08 bits per heavy atom. The van der Waals surface area contributed by atoms with Gasteiger partial charge in [-0.1, -0.05) is 35.6 Å². The summed E-state index contributed by atoms with van der Waals surface area (Å²) in [5.74, 6) is 0.807. The number of ether oxygens (including phenoxy) is 1. The molecule has 1 aromatic heterocycles. The molecule has 25 heavy (non-hydrogen) atoms. The fourth-order valence-corrected chi connectivity index (χ4v) is 3.97. The van der Waals surface area contributed by atoms with E-state index in [-0.39, 0.29) is 0 Å². The SMILES string of the molecule is FC1CCN(CCc2ccc(Oc3nc4ccccc4s3)cc2)CC1. The molecule has 0 radical (unpaired) electrons. The average molecular weight is 356 g/mol. The summed E-state index contributed by atoms with van der Waals surface area (Å²) < 4.78 is 20.2. The van der Waals surface area contributed by atoms with Gasteiger partial charge in [-0.3, -0.25) is 0 Å². The maximum Gasteiger partial charge on any atom is 0.279 e. The highest BCUT2D eigenvalue weighted by atomic mass is 32.1. The van der Waals surface area contributed by atoms with Crippen LogP contribution in [0, 0.1) is 0 Å². The van der Waals surface area contributed by atoms with Gasteiger partial charge in [0.2, 0.25) is 0 Å². The van der Waals surface area contributed by atoms with Gasteiger partial charge < -0.3 is 9.64 Å². The summed E-state index contributed by atoms with van der Waals surface area (Å²) >= 11 is 1.55. The number of rotatable bonds is 5. The number of fused-ring (bicyclic) bond motifs is 1. The summed E-state index contributed by atoms with van der Waals surface area (Å²) in [6.45, 7) is 2.74. The molecule has 0 N–H and O–H groups in total. The van der Waals surface area contributed by atoms with Crippen LogP contribution in [-0.2, 0) is 6.42 Å². The van der Waals surface area contributed by atoms with Crippen LogP contribution in [0.5, 0.6) is 10.9 Å². The predicted molar refractivity (Wildman–Crippen MR) is 100 cm³/mol. The summed E-state index contributed by atoms with van der Waals surface area (Å²) in [6.07, 6.45) is 1.73. The first-order chi connectivity index (χ1) is 12.3. The lowest BCUT2D eigenvalue weighted by Crippen LogP contribution is -2.35. The van der Waals surface area contributed by atoms with Gasteiger partial charge >= 0.3 is 0 Å².